The summed E-state index contributed by atoms with van der Waals surface area (Å²) in [4.78, 5) is 27.0. The fourth-order valence-electron chi connectivity index (χ4n) is 1.55. The molecule has 0 atom stereocenters. The highest BCUT2D eigenvalue weighted by molar-refractivity contribution is 6.05. The van der Waals surface area contributed by atoms with Gasteiger partial charge in [-0.15, -0.1) is 0 Å². The summed E-state index contributed by atoms with van der Waals surface area (Å²) in [5.74, 6) is -1.15. The molecule has 0 radical (unpaired) electrons. The molecule has 17 heavy (non-hydrogen) atoms. The molecule has 2 amide bonds. The summed E-state index contributed by atoms with van der Waals surface area (Å²) in [6.45, 7) is 0. The number of rotatable bonds is 3. The maximum absolute atomic E-state index is 12.1. The molecular weight excluding hydrogens is 216 g/mol. The lowest BCUT2D eigenvalue weighted by atomic mass is 9.96. The number of likely N-dealkylation sites (N-methyl/N-ethyl adjacent to an activating group) is 2. The first-order valence-electron chi connectivity index (χ1n) is 5.42. The first kappa shape index (κ1) is 13.2. The Morgan fingerprint density at radius 2 is 1.29 bits per heavy atom. The van der Waals surface area contributed by atoms with E-state index in [1.807, 2.05) is 18.2 Å². The topological polar surface area (TPSA) is 40.6 Å². The van der Waals surface area contributed by atoms with Crippen LogP contribution in [0.4, 0.5) is 0 Å². The van der Waals surface area contributed by atoms with Gasteiger partial charge in [-0.2, -0.15) is 0 Å². The summed E-state index contributed by atoms with van der Waals surface area (Å²) >= 11 is 0. The minimum Gasteiger partial charge on any atom is -0.348 e. The molecule has 0 aliphatic heterocycles. The van der Waals surface area contributed by atoms with E-state index < -0.39 is 5.92 Å². The Hall–Kier alpha value is -1.84. The highest BCUT2D eigenvalue weighted by Crippen LogP contribution is 2.19. The zero-order valence-electron chi connectivity index (χ0n) is 10.7. The SMILES string of the molecule is CN(C)C(=O)C(C(=O)N(C)C)c1ccccc1. The summed E-state index contributed by atoms with van der Waals surface area (Å²) < 4.78 is 0. The van der Waals surface area contributed by atoms with Crippen LogP contribution in [-0.4, -0.2) is 49.8 Å². The van der Waals surface area contributed by atoms with Crippen molar-refractivity contribution in [2.75, 3.05) is 28.2 Å². The van der Waals surface area contributed by atoms with E-state index in [0.29, 0.717) is 0 Å². The quantitative estimate of drug-likeness (QED) is 0.730. The van der Waals surface area contributed by atoms with Crippen molar-refractivity contribution in [1.82, 2.24) is 9.80 Å². The van der Waals surface area contributed by atoms with Crippen LogP contribution >= 0.6 is 0 Å². The second-order valence-electron chi connectivity index (χ2n) is 4.31. The maximum Gasteiger partial charge on any atom is 0.239 e. The minimum atomic E-state index is -0.749. The zero-order chi connectivity index (χ0) is 13.0. The van der Waals surface area contributed by atoms with E-state index in [2.05, 4.69) is 0 Å². The highest BCUT2D eigenvalue weighted by atomic mass is 16.2. The fourth-order valence-corrected chi connectivity index (χ4v) is 1.55. The van der Waals surface area contributed by atoms with Gasteiger partial charge in [0.1, 0.15) is 5.92 Å². The Labute approximate surface area is 102 Å². The molecule has 92 valence electrons. The van der Waals surface area contributed by atoms with Crippen LogP contribution in [0.5, 0.6) is 0 Å². The van der Waals surface area contributed by atoms with E-state index in [1.165, 1.54) is 9.80 Å². The van der Waals surface area contributed by atoms with Crippen molar-refractivity contribution in [3.05, 3.63) is 35.9 Å². The van der Waals surface area contributed by atoms with E-state index in [1.54, 1.807) is 40.3 Å². The first-order valence-corrected chi connectivity index (χ1v) is 5.42. The van der Waals surface area contributed by atoms with Crippen LogP contribution in [-0.2, 0) is 9.59 Å². The number of benzene rings is 1. The molecular formula is C13H18N2O2. The molecule has 0 unspecified atom stereocenters. The molecule has 4 heteroatoms. The summed E-state index contributed by atoms with van der Waals surface area (Å²) in [5.41, 5.74) is 0.727. The normalized spacial score (nSPS) is 10.2. The van der Waals surface area contributed by atoms with Crippen LogP contribution in [0.15, 0.2) is 30.3 Å². The third kappa shape index (κ3) is 3.06. The van der Waals surface area contributed by atoms with Gasteiger partial charge >= 0.3 is 0 Å². The lowest BCUT2D eigenvalue weighted by molar-refractivity contribution is -0.140. The van der Waals surface area contributed by atoms with Crippen LogP contribution in [0.25, 0.3) is 0 Å². The lowest BCUT2D eigenvalue weighted by Crippen LogP contribution is -2.38. The van der Waals surface area contributed by atoms with Gasteiger partial charge in [0.15, 0.2) is 0 Å². The Morgan fingerprint density at radius 3 is 1.65 bits per heavy atom. The summed E-state index contributed by atoms with van der Waals surface area (Å²) in [6.07, 6.45) is 0. The number of carbonyl (C=O) groups is 2. The highest BCUT2D eigenvalue weighted by Gasteiger charge is 2.30. The van der Waals surface area contributed by atoms with Crippen molar-refractivity contribution in [1.29, 1.82) is 0 Å². The molecule has 0 aliphatic carbocycles. The monoisotopic (exact) mass is 234 g/mol. The van der Waals surface area contributed by atoms with Crippen molar-refractivity contribution < 1.29 is 9.59 Å². The molecule has 0 heterocycles. The lowest BCUT2D eigenvalue weighted by Gasteiger charge is -2.23. The van der Waals surface area contributed by atoms with Gasteiger partial charge in [0.05, 0.1) is 0 Å². The second-order valence-corrected chi connectivity index (χ2v) is 4.31. The van der Waals surface area contributed by atoms with E-state index >= 15 is 0 Å². The molecule has 4 nitrogen and oxygen atoms in total. The maximum atomic E-state index is 12.1. The molecule has 1 aromatic rings. The Morgan fingerprint density at radius 1 is 0.882 bits per heavy atom. The Balaban J connectivity index is 3.12. The van der Waals surface area contributed by atoms with Crippen molar-refractivity contribution in [2.24, 2.45) is 0 Å². The van der Waals surface area contributed by atoms with Crippen molar-refractivity contribution in [3.63, 3.8) is 0 Å². The van der Waals surface area contributed by atoms with Gasteiger partial charge < -0.3 is 9.80 Å². The average molecular weight is 234 g/mol. The third-order valence-corrected chi connectivity index (χ3v) is 2.51. The van der Waals surface area contributed by atoms with E-state index in [4.69, 9.17) is 0 Å². The molecule has 0 saturated carbocycles. The number of hydrogen-bond acceptors (Lipinski definition) is 2. The van der Waals surface area contributed by atoms with Gasteiger partial charge in [0, 0.05) is 28.2 Å². The molecule has 1 aromatic carbocycles. The zero-order valence-corrected chi connectivity index (χ0v) is 10.7. The standard InChI is InChI=1S/C13H18N2O2/c1-14(2)12(16)11(13(17)15(3)4)10-8-6-5-7-9-10/h5-9,11H,1-4H3. The van der Waals surface area contributed by atoms with Gasteiger partial charge in [0.25, 0.3) is 0 Å². The molecule has 0 bridgehead atoms. The first-order chi connectivity index (χ1) is 7.95. The predicted molar refractivity (Wildman–Crippen MR) is 66.6 cm³/mol. The Kier molecular flexibility index (Phi) is 4.26. The van der Waals surface area contributed by atoms with Crippen LogP contribution in [0.1, 0.15) is 11.5 Å². The number of carbonyl (C=O) groups excluding carboxylic acids is 2. The predicted octanol–water partition coefficient (Wildman–Crippen LogP) is 0.947. The van der Waals surface area contributed by atoms with Crippen LogP contribution < -0.4 is 0 Å². The van der Waals surface area contributed by atoms with Gasteiger partial charge in [-0.1, -0.05) is 30.3 Å². The molecule has 0 N–H and O–H groups in total. The molecule has 0 saturated heterocycles. The van der Waals surface area contributed by atoms with Gasteiger partial charge in [-0.25, -0.2) is 0 Å². The average Bonchev–Trinajstić information content (AvgIpc) is 2.30. The molecule has 0 aromatic heterocycles. The summed E-state index contributed by atoms with van der Waals surface area (Å²) in [7, 11) is 6.62. The Bertz CT molecular complexity index is 379. The van der Waals surface area contributed by atoms with Crippen molar-refractivity contribution in [3.8, 4) is 0 Å². The van der Waals surface area contributed by atoms with Gasteiger partial charge in [-0.3, -0.25) is 9.59 Å². The van der Waals surface area contributed by atoms with Gasteiger partial charge in [0.2, 0.25) is 11.8 Å². The summed E-state index contributed by atoms with van der Waals surface area (Å²) in [5, 5.41) is 0. The third-order valence-electron chi connectivity index (χ3n) is 2.51. The molecule has 0 spiro atoms. The molecule has 1 rings (SSSR count). The number of nitrogens with zero attached hydrogens (tertiary/aromatic N) is 2. The number of hydrogen-bond donors (Lipinski definition) is 0. The molecule has 0 aliphatic rings. The van der Waals surface area contributed by atoms with E-state index in [0.717, 1.165) is 5.56 Å². The van der Waals surface area contributed by atoms with E-state index in [9.17, 15) is 9.59 Å². The smallest absolute Gasteiger partial charge is 0.239 e. The summed E-state index contributed by atoms with van der Waals surface area (Å²) in [6, 6.07) is 9.12. The van der Waals surface area contributed by atoms with Crippen molar-refractivity contribution >= 4 is 11.8 Å². The molecule has 0 fully saturated rings. The van der Waals surface area contributed by atoms with Crippen LogP contribution in [0.2, 0.25) is 0 Å². The second kappa shape index (κ2) is 5.48. The van der Waals surface area contributed by atoms with Crippen LogP contribution in [0, 0.1) is 0 Å². The number of amides is 2. The van der Waals surface area contributed by atoms with E-state index in [-0.39, 0.29) is 11.8 Å². The fraction of sp³-hybridized carbons (Fsp3) is 0.385. The van der Waals surface area contributed by atoms with Crippen molar-refractivity contribution in [2.45, 2.75) is 5.92 Å². The largest absolute Gasteiger partial charge is 0.348 e. The minimum absolute atomic E-state index is 0.199. The van der Waals surface area contributed by atoms with Gasteiger partial charge in [-0.05, 0) is 5.56 Å². The van der Waals surface area contributed by atoms with Crippen LogP contribution in [0.3, 0.4) is 0 Å².